The quantitative estimate of drug-likeness (QED) is 0.867. The Hall–Kier alpha value is -1.40. The largest absolute Gasteiger partial charge is 0.485 e. The molecule has 114 valence electrons. The lowest BCUT2D eigenvalue weighted by atomic mass is 10.0. The SMILES string of the molecule is CCC(N)Cc1cc(Br)cc(C)c1OCc1ncnn1C. The Morgan fingerprint density at radius 2 is 2.19 bits per heavy atom. The van der Waals surface area contributed by atoms with E-state index < -0.39 is 0 Å². The van der Waals surface area contributed by atoms with E-state index in [9.17, 15) is 0 Å². The molecule has 21 heavy (non-hydrogen) atoms. The number of hydrogen-bond donors (Lipinski definition) is 1. The summed E-state index contributed by atoms with van der Waals surface area (Å²) in [5.41, 5.74) is 8.30. The Balaban J connectivity index is 2.22. The molecule has 2 aromatic rings. The van der Waals surface area contributed by atoms with Crippen LogP contribution in [0, 0.1) is 6.92 Å². The van der Waals surface area contributed by atoms with E-state index in [1.807, 2.05) is 20.0 Å². The maximum atomic E-state index is 6.09. The van der Waals surface area contributed by atoms with Crippen molar-refractivity contribution in [3.05, 3.63) is 39.9 Å². The summed E-state index contributed by atoms with van der Waals surface area (Å²) in [5, 5.41) is 4.05. The van der Waals surface area contributed by atoms with Crippen molar-refractivity contribution in [1.29, 1.82) is 0 Å². The first kappa shape index (κ1) is 16.0. The molecule has 0 aliphatic heterocycles. The predicted molar refractivity (Wildman–Crippen MR) is 86.2 cm³/mol. The fourth-order valence-electron chi connectivity index (χ4n) is 2.17. The van der Waals surface area contributed by atoms with Crippen LogP contribution >= 0.6 is 15.9 Å². The third-order valence-corrected chi connectivity index (χ3v) is 3.93. The summed E-state index contributed by atoms with van der Waals surface area (Å²) in [7, 11) is 1.86. The van der Waals surface area contributed by atoms with Crippen LogP contribution in [-0.4, -0.2) is 20.8 Å². The fraction of sp³-hybridized carbons (Fsp3) is 0.467. The van der Waals surface area contributed by atoms with Crippen molar-refractivity contribution >= 4 is 15.9 Å². The van der Waals surface area contributed by atoms with Crippen LogP contribution < -0.4 is 10.5 Å². The number of benzene rings is 1. The number of nitrogens with zero attached hydrogens (tertiary/aromatic N) is 3. The summed E-state index contributed by atoms with van der Waals surface area (Å²) in [4.78, 5) is 4.18. The Labute approximate surface area is 133 Å². The van der Waals surface area contributed by atoms with Crippen LogP contribution in [0.2, 0.25) is 0 Å². The highest BCUT2D eigenvalue weighted by atomic mass is 79.9. The van der Waals surface area contributed by atoms with Crippen molar-refractivity contribution in [2.75, 3.05) is 0 Å². The Bertz CT molecular complexity index is 612. The first-order chi connectivity index (χ1) is 10.0. The van der Waals surface area contributed by atoms with Crippen molar-refractivity contribution < 1.29 is 4.74 Å². The van der Waals surface area contributed by atoms with Gasteiger partial charge in [0.1, 0.15) is 18.7 Å². The molecule has 1 atom stereocenters. The minimum Gasteiger partial charge on any atom is -0.485 e. The smallest absolute Gasteiger partial charge is 0.164 e. The summed E-state index contributed by atoms with van der Waals surface area (Å²) in [6, 6.07) is 4.26. The van der Waals surface area contributed by atoms with Crippen LogP contribution in [0.5, 0.6) is 5.75 Å². The van der Waals surface area contributed by atoms with Gasteiger partial charge in [0.25, 0.3) is 0 Å². The van der Waals surface area contributed by atoms with Gasteiger partial charge in [-0.25, -0.2) is 4.98 Å². The molecule has 1 aromatic heterocycles. The number of rotatable bonds is 6. The second-order valence-corrected chi connectivity index (χ2v) is 6.09. The summed E-state index contributed by atoms with van der Waals surface area (Å²) in [5.74, 6) is 1.69. The number of aryl methyl sites for hydroxylation is 2. The van der Waals surface area contributed by atoms with E-state index in [1.54, 1.807) is 4.68 Å². The third-order valence-electron chi connectivity index (χ3n) is 3.47. The third kappa shape index (κ3) is 4.04. The van der Waals surface area contributed by atoms with Crippen LogP contribution in [0.1, 0.15) is 30.3 Å². The molecule has 1 heterocycles. The van der Waals surface area contributed by atoms with Crippen molar-refractivity contribution in [3.63, 3.8) is 0 Å². The van der Waals surface area contributed by atoms with Gasteiger partial charge in [-0.3, -0.25) is 4.68 Å². The van der Waals surface area contributed by atoms with E-state index in [0.29, 0.717) is 6.61 Å². The molecule has 1 aromatic carbocycles. The second kappa shape index (κ2) is 7.04. The number of nitrogens with two attached hydrogens (primary N) is 1. The molecule has 0 aliphatic carbocycles. The van der Waals surface area contributed by atoms with Gasteiger partial charge < -0.3 is 10.5 Å². The number of halogens is 1. The fourth-order valence-corrected chi connectivity index (χ4v) is 2.79. The minimum atomic E-state index is 0.135. The second-order valence-electron chi connectivity index (χ2n) is 5.17. The molecule has 0 saturated carbocycles. The zero-order valence-corrected chi connectivity index (χ0v) is 14.2. The van der Waals surface area contributed by atoms with Gasteiger partial charge in [-0.1, -0.05) is 22.9 Å². The first-order valence-electron chi connectivity index (χ1n) is 7.01. The molecule has 0 fully saturated rings. The zero-order valence-electron chi connectivity index (χ0n) is 12.6. The normalized spacial score (nSPS) is 12.4. The minimum absolute atomic E-state index is 0.135. The van der Waals surface area contributed by atoms with Gasteiger partial charge in [-0.15, -0.1) is 0 Å². The van der Waals surface area contributed by atoms with E-state index in [-0.39, 0.29) is 6.04 Å². The molecule has 0 spiro atoms. The highest BCUT2D eigenvalue weighted by molar-refractivity contribution is 9.10. The van der Waals surface area contributed by atoms with Gasteiger partial charge in [-0.2, -0.15) is 5.10 Å². The van der Waals surface area contributed by atoms with Crippen molar-refractivity contribution in [2.45, 2.75) is 39.3 Å². The molecule has 0 bridgehead atoms. The number of hydrogen-bond acceptors (Lipinski definition) is 4. The summed E-state index contributed by atoms with van der Waals surface area (Å²) < 4.78 is 8.75. The highest BCUT2D eigenvalue weighted by Crippen LogP contribution is 2.29. The van der Waals surface area contributed by atoms with Crippen molar-refractivity contribution in [2.24, 2.45) is 12.8 Å². The lowest BCUT2D eigenvalue weighted by Gasteiger charge is -2.17. The standard InChI is InChI=1S/C15H21BrN4O/c1-4-13(17)7-11-6-12(16)5-10(2)15(11)21-8-14-18-9-19-20(14)3/h5-6,9,13H,4,7-8,17H2,1-3H3. The van der Waals surface area contributed by atoms with Gasteiger partial charge >= 0.3 is 0 Å². The summed E-state index contributed by atoms with van der Waals surface area (Å²) in [6.07, 6.45) is 3.26. The van der Waals surface area contributed by atoms with E-state index in [1.165, 1.54) is 6.33 Å². The highest BCUT2D eigenvalue weighted by Gasteiger charge is 2.13. The van der Waals surface area contributed by atoms with Crippen molar-refractivity contribution in [1.82, 2.24) is 14.8 Å². The molecule has 1 unspecified atom stereocenters. The average molecular weight is 353 g/mol. The lowest BCUT2D eigenvalue weighted by molar-refractivity contribution is 0.284. The first-order valence-corrected chi connectivity index (χ1v) is 7.80. The van der Waals surface area contributed by atoms with E-state index >= 15 is 0 Å². The van der Waals surface area contributed by atoms with E-state index in [2.05, 4.69) is 39.0 Å². The van der Waals surface area contributed by atoms with Crippen LogP contribution in [0.25, 0.3) is 0 Å². The van der Waals surface area contributed by atoms with E-state index in [0.717, 1.165) is 40.0 Å². The number of ether oxygens (including phenoxy) is 1. The lowest BCUT2D eigenvalue weighted by Crippen LogP contribution is -2.22. The molecular weight excluding hydrogens is 332 g/mol. The molecule has 2 rings (SSSR count). The van der Waals surface area contributed by atoms with Gasteiger partial charge in [-0.05, 0) is 43.0 Å². The molecule has 0 saturated heterocycles. The average Bonchev–Trinajstić information content (AvgIpc) is 2.83. The summed E-state index contributed by atoms with van der Waals surface area (Å²) >= 11 is 3.54. The van der Waals surface area contributed by atoms with Crippen LogP contribution in [-0.2, 0) is 20.1 Å². The number of aromatic nitrogens is 3. The monoisotopic (exact) mass is 352 g/mol. The van der Waals surface area contributed by atoms with Crippen molar-refractivity contribution in [3.8, 4) is 5.75 Å². The Morgan fingerprint density at radius 1 is 1.43 bits per heavy atom. The van der Waals surface area contributed by atoms with Crippen LogP contribution in [0.15, 0.2) is 22.9 Å². The molecule has 6 heteroatoms. The molecular formula is C15H21BrN4O. The van der Waals surface area contributed by atoms with Gasteiger partial charge in [0.15, 0.2) is 5.82 Å². The van der Waals surface area contributed by atoms with Crippen LogP contribution in [0.3, 0.4) is 0 Å². The Morgan fingerprint density at radius 3 is 2.81 bits per heavy atom. The summed E-state index contributed by atoms with van der Waals surface area (Å²) in [6.45, 7) is 4.53. The Kier molecular flexibility index (Phi) is 5.36. The maximum absolute atomic E-state index is 6.09. The van der Waals surface area contributed by atoms with Gasteiger partial charge in [0.2, 0.25) is 0 Å². The van der Waals surface area contributed by atoms with Gasteiger partial charge in [0, 0.05) is 17.6 Å². The molecule has 0 aliphatic rings. The molecule has 5 nitrogen and oxygen atoms in total. The van der Waals surface area contributed by atoms with Gasteiger partial charge in [0.05, 0.1) is 0 Å². The molecule has 2 N–H and O–H groups in total. The predicted octanol–water partition coefficient (Wildman–Crippen LogP) is 2.74. The van der Waals surface area contributed by atoms with Crippen LogP contribution in [0.4, 0.5) is 0 Å². The molecule has 0 amide bonds. The topological polar surface area (TPSA) is 66.0 Å². The maximum Gasteiger partial charge on any atom is 0.164 e. The van der Waals surface area contributed by atoms with E-state index in [4.69, 9.17) is 10.5 Å². The molecule has 0 radical (unpaired) electrons. The zero-order chi connectivity index (χ0) is 15.4.